The number of ether oxygens (including phenoxy) is 1. The van der Waals surface area contributed by atoms with Crippen molar-refractivity contribution in [3.05, 3.63) is 35.9 Å². The summed E-state index contributed by atoms with van der Waals surface area (Å²) in [5.41, 5.74) is 2.58. The van der Waals surface area contributed by atoms with Gasteiger partial charge in [0.05, 0.1) is 16.6 Å². The molecule has 0 aromatic heterocycles. The van der Waals surface area contributed by atoms with E-state index in [-0.39, 0.29) is 17.4 Å². The van der Waals surface area contributed by atoms with Gasteiger partial charge in [-0.2, -0.15) is 0 Å². The first kappa shape index (κ1) is 26.8. The van der Waals surface area contributed by atoms with E-state index in [4.69, 9.17) is 21.4 Å². The maximum atomic E-state index is 6.83. The Morgan fingerprint density at radius 3 is 2.15 bits per heavy atom. The molecule has 0 amide bonds. The second-order valence-corrected chi connectivity index (χ2v) is 17.8. The molecule has 0 saturated carbocycles. The lowest BCUT2D eigenvalue weighted by atomic mass is 9.85. The molecule has 0 spiro atoms. The van der Waals surface area contributed by atoms with Gasteiger partial charge in [0.25, 0.3) is 0 Å². The maximum Gasteiger partial charge on any atom is 0.200 e. The maximum absolute atomic E-state index is 6.83. The molecule has 186 valence electrons. The first-order valence-corrected chi connectivity index (χ1v) is 15.6. The van der Waals surface area contributed by atoms with Gasteiger partial charge in [0.1, 0.15) is 5.72 Å². The van der Waals surface area contributed by atoms with Crippen LogP contribution in [0.5, 0.6) is 0 Å². The van der Waals surface area contributed by atoms with Crippen LogP contribution in [0.3, 0.4) is 0 Å². The predicted octanol–water partition coefficient (Wildman–Crippen LogP) is 8.26. The number of thiocarbonyl (C=S) groups is 1. The van der Waals surface area contributed by atoms with Crippen molar-refractivity contribution < 1.29 is 9.16 Å². The van der Waals surface area contributed by atoms with Crippen LogP contribution >= 0.6 is 12.2 Å². The Labute approximate surface area is 209 Å². The number of benzene rings is 1. The summed E-state index contributed by atoms with van der Waals surface area (Å²) < 4.78 is 13.5. The van der Waals surface area contributed by atoms with Crippen molar-refractivity contribution in [2.45, 2.75) is 122 Å². The van der Waals surface area contributed by atoms with Crippen molar-refractivity contribution in [2.75, 3.05) is 6.61 Å². The summed E-state index contributed by atoms with van der Waals surface area (Å²) in [4.78, 5) is 3.53. The lowest BCUT2D eigenvalue weighted by Crippen LogP contribution is -2.52. The van der Waals surface area contributed by atoms with E-state index in [0.29, 0.717) is 22.5 Å². The Morgan fingerprint density at radius 2 is 1.61 bits per heavy atom. The number of piperidine rings is 1. The van der Waals surface area contributed by atoms with E-state index in [2.05, 4.69) is 97.5 Å². The topological polar surface area (TPSA) is 21.7 Å². The van der Waals surface area contributed by atoms with Crippen molar-refractivity contribution in [3.8, 4) is 0 Å². The van der Waals surface area contributed by atoms with Gasteiger partial charge in [-0.25, -0.2) is 0 Å². The highest BCUT2D eigenvalue weighted by Crippen LogP contribution is 2.53. The molecule has 3 atom stereocenters. The first-order chi connectivity index (χ1) is 15.4. The van der Waals surface area contributed by atoms with Gasteiger partial charge in [-0.05, 0) is 68.6 Å². The van der Waals surface area contributed by atoms with Crippen LogP contribution in [0.25, 0.3) is 0 Å². The zero-order chi connectivity index (χ0) is 24.6. The monoisotopic (exact) mass is 489 g/mol. The Bertz CT molecular complexity index is 788. The molecule has 5 heteroatoms. The average molecular weight is 490 g/mol. The van der Waals surface area contributed by atoms with Crippen LogP contribution in [0, 0.1) is 5.92 Å². The van der Waals surface area contributed by atoms with Gasteiger partial charge in [0.15, 0.2) is 8.32 Å². The minimum Gasteiger partial charge on any atom is -0.416 e. The molecule has 0 bridgehead atoms. The summed E-state index contributed by atoms with van der Waals surface area (Å²) in [6, 6.07) is 10.9. The molecule has 3 rings (SSSR count). The van der Waals surface area contributed by atoms with Gasteiger partial charge in [-0.1, -0.05) is 84.1 Å². The molecule has 1 aromatic rings. The van der Waals surface area contributed by atoms with Gasteiger partial charge in [0.2, 0.25) is 0 Å². The average Bonchev–Trinajstić information content (AvgIpc) is 2.95. The normalized spacial score (nSPS) is 27.6. The van der Waals surface area contributed by atoms with Crippen molar-refractivity contribution in [1.82, 2.24) is 4.90 Å². The third-order valence-electron chi connectivity index (χ3n) is 8.32. The molecule has 2 heterocycles. The van der Waals surface area contributed by atoms with Crippen LogP contribution in [0.1, 0.15) is 99.6 Å². The van der Waals surface area contributed by atoms with Crippen molar-refractivity contribution in [1.29, 1.82) is 0 Å². The zero-order valence-electron chi connectivity index (χ0n) is 22.5. The third kappa shape index (κ3) is 4.98. The molecular formula is C28H47NO2SSi. The van der Waals surface area contributed by atoms with Gasteiger partial charge < -0.3 is 14.1 Å². The molecule has 2 aliphatic rings. The van der Waals surface area contributed by atoms with Gasteiger partial charge in [-0.3, -0.25) is 0 Å². The minimum absolute atomic E-state index is 0.151. The van der Waals surface area contributed by atoms with E-state index in [1.54, 1.807) is 0 Å². The van der Waals surface area contributed by atoms with Crippen LogP contribution in [0.2, 0.25) is 16.6 Å². The molecule has 0 aliphatic carbocycles. The standard InChI is InChI=1S/C28H47NO2SSi/c1-20(2)33(21(3)4,22(5)6)30-19-13-16-24-17-18-28(9)29(26(24)32)25(27(7,8)31-28)23-14-11-10-12-15-23/h10-12,14-15,20-22,24-25H,13,16-19H2,1-9H3/t24?,25-,28+/m0/s1. The molecule has 1 unspecified atom stereocenters. The van der Waals surface area contributed by atoms with Crippen molar-refractivity contribution in [3.63, 3.8) is 0 Å². The van der Waals surface area contributed by atoms with Gasteiger partial charge in [-0.15, -0.1) is 0 Å². The molecule has 33 heavy (non-hydrogen) atoms. The van der Waals surface area contributed by atoms with Crippen LogP contribution in [0.15, 0.2) is 30.3 Å². The molecule has 1 aromatic carbocycles. The van der Waals surface area contributed by atoms with E-state index in [0.717, 1.165) is 37.3 Å². The van der Waals surface area contributed by atoms with Crippen LogP contribution in [-0.4, -0.2) is 36.1 Å². The fourth-order valence-corrected chi connectivity index (χ4v) is 13.1. The number of rotatable bonds is 9. The highest BCUT2D eigenvalue weighted by molar-refractivity contribution is 7.80. The summed E-state index contributed by atoms with van der Waals surface area (Å²) in [6.07, 6.45) is 4.31. The smallest absolute Gasteiger partial charge is 0.200 e. The van der Waals surface area contributed by atoms with Crippen LogP contribution < -0.4 is 0 Å². The summed E-state index contributed by atoms with van der Waals surface area (Å²) in [6.45, 7) is 21.7. The lowest BCUT2D eigenvalue weighted by molar-refractivity contribution is -0.114. The Hall–Kier alpha value is -0.753. The lowest BCUT2D eigenvalue weighted by Gasteiger charge is -2.46. The predicted molar refractivity (Wildman–Crippen MR) is 146 cm³/mol. The number of nitrogens with zero attached hydrogens (tertiary/aromatic N) is 1. The first-order valence-electron chi connectivity index (χ1n) is 13.1. The summed E-state index contributed by atoms with van der Waals surface area (Å²) >= 11 is 6.18. The molecule has 2 aliphatic heterocycles. The quantitative estimate of drug-likeness (QED) is 0.198. The van der Waals surface area contributed by atoms with Crippen LogP contribution in [-0.2, 0) is 9.16 Å². The summed E-state index contributed by atoms with van der Waals surface area (Å²) in [5, 5.41) is 0. The fraction of sp³-hybridized carbons (Fsp3) is 0.750. The second-order valence-electron chi connectivity index (χ2n) is 11.9. The Balaban J connectivity index is 1.70. The molecule has 3 nitrogen and oxygen atoms in total. The Morgan fingerprint density at radius 1 is 1.03 bits per heavy atom. The van der Waals surface area contributed by atoms with E-state index in [1.807, 2.05) is 0 Å². The molecule has 0 radical (unpaired) electrons. The van der Waals surface area contributed by atoms with Crippen molar-refractivity contribution in [2.24, 2.45) is 5.92 Å². The highest BCUT2D eigenvalue weighted by atomic mass is 32.1. The molecule has 2 saturated heterocycles. The SMILES string of the molecule is CC(C)[Si](OCCCC1CC[C@@]2(C)OC(C)(C)[C@H](c3ccccc3)N2C1=S)(C(C)C)C(C)C. The number of hydrogen-bond acceptors (Lipinski definition) is 3. The largest absolute Gasteiger partial charge is 0.416 e. The van der Waals surface area contributed by atoms with E-state index >= 15 is 0 Å². The molecule has 0 N–H and O–H groups in total. The fourth-order valence-electron chi connectivity index (χ4n) is 7.08. The van der Waals surface area contributed by atoms with E-state index in [1.165, 1.54) is 5.56 Å². The van der Waals surface area contributed by atoms with E-state index in [9.17, 15) is 0 Å². The second kappa shape index (κ2) is 10.1. The van der Waals surface area contributed by atoms with Crippen molar-refractivity contribution >= 4 is 25.5 Å². The number of fused-ring (bicyclic) bond motifs is 1. The Kier molecular flexibility index (Phi) is 8.20. The summed E-state index contributed by atoms with van der Waals surface area (Å²) in [5.74, 6) is 0.425. The van der Waals surface area contributed by atoms with Gasteiger partial charge in [0, 0.05) is 12.5 Å². The number of hydrogen-bond donors (Lipinski definition) is 0. The molecule has 2 fully saturated rings. The highest BCUT2D eigenvalue weighted by Gasteiger charge is 2.58. The van der Waals surface area contributed by atoms with E-state index < -0.39 is 8.32 Å². The zero-order valence-corrected chi connectivity index (χ0v) is 24.3. The molecular weight excluding hydrogens is 442 g/mol. The summed E-state index contributed by atoms with van der Waals surface area (Å²) in [7, 11) is -1.80. The van der Waals surface area contributed by atoms with Crippen LogP contribution in [0.4, 0.5) is 0 Å². The minimum atomic E-state index is -1.80. The third-order valence-corrected chi connectivity index (χ3v) is 15.0. The van der Waals surface area contributed by atoms with Gasteiger partial charge >= 0.3 is 0 Å².